The van der Waals surface area contributed by atoms with Crippen LogP contribution in [0.4, 0.5) is 4.39 Å². The molecule has 1 heterocycles. The van der Waals surface area contributed by atoms with E-state index in [-0.39, 0.29) is 5.82 Å². The van der Waals surface area contributed by atoms with Crippen molar-refractivity contribution in [3.05, 3.63) is 77.9 Å². The molecule has 0 saturated carbocycles. The van der Waals surface area contributed by atoms with Gasteiger partial charge in [-0.2, -0.15) is 0 Å². The molecule has 128 valence electrons. The van der Waals surface area contributed by atoms with E-state index in [2.05, 4.69) is 0 Å². The van der Waals surface area contributed by atoms with E-state index in [9.17, 15) is 9.18 Å². The molecule has 0 spiro atoms. The number of esters is 1. The van der Waals surface area contributed by atoms with Gasteiger partial charge in [0.05, 0.1) is 26.0 Å². The van der Waals surface area contributed by atoms with E-state index in [4.69, 9.17) is 9.47 Å². The van der Waals surface area contributed by atoms with Gasteiger partial charge in [-0.1, -0.05) is 30.3 Å². The molecule has 0 N–H and O–H groups in total. The Morgan fingerprint density at radius 1 is 1.12 bits per heavy atom. The number of carbonyl (C=O) groups excluding carboxylic acids is 1. The molecule has 0 amide bonds. The fourth-order valence-corrected chi connectivity index (χ4v) is 2.88. The topological polar surface area (TPSA) is 40.5 Å². The first kappa shape index (κ1) is 16.8. The number of benzene rings is 2. The average molecular weight is 339 g/mol. The Morgan fingerprint density at radius 2 is 1.92 bits per heavy atom. The molecule has 1 aromatic heterocycles. The predicted octanol–water partition coefficient (Wildman–Crippen LogP) is 3.99. The van der Waals surface area contributed by atoms with Gasteiger partial charge in [0, 0.05) is 18.1 Å². The summed E-state index contributed by atoms with van der Waals surface area (Å²) in [4.78, 5) is 12.1. The molecule has 3 aromatic rings. The van der Waals surface area contributed by atoms with E-state index in [1.54, 1.807) is 12.1 Å². The number of halogens is 1. The number of hydrogen-bond donors (Lipinski definition) is 0. The van der Waals surface area contributed by atoms with E-state index in [0.717, 1.165) is 16.6 Å². The summed E-state index contributed by atoms with van der Waals surface area (Å²) in [5.74, 6) is -0.725. The van der Waals surface area contributed by atoms with E-state index in [0.29, 0.717) is 17.5 Å². The lowest BCUT2D eigenvalue weighted by atomic mass is 10.0. The Balaban J connectivity index is 2.05. The van der Waals surface area contributed by atoms with E-state index in [1.807, 2.05) is 41.1 Å². The fourth-order valence-electron chi connectivity index (χ4n) is 2.88. The van der Waals surface area contributed by atoms with E-state index < -0.39 is 5.97 Å². The summed E-state index contributed by atoms with van der Waals surface area (Å²) in [6.45, 7) is 0.487. The van der Waals surface area contributed by atoms with Crippen LogP contribution in [0.25, 0.3) is 16.5 Å². The molecule has 0 bridgehead atoms. The smallest absolute Gasteiger partial charge is 0.341 e. The minimum absolute atomic E-state index is 0.251. The molecule has 0 fully saturated rings. The summed E-state index contributed by atoms with van der Waals surface area (Å²) >= 11 is 0. The van der Waals surface area contributed by atoms with Crippen LogP contribution in [0.1, 0.15) is 11.1 Å². The van der Waals surface area contributed by atoms with Crippen LogP contribution in [-0.2, 0) is 20.8 Å². The average Bonchev–Trinajstić information content (AvgIpc) is 3.04. The lowest BCUT2D eigenvalue weighted by molar-refractivity contribution is -0.133. The van der Waals surface area contributed by atoms with Gasteiger partial charge in [-0.15, -0.1) is 0 Å². The highest BCUT2D eigenvalue weighted by Crippen LogP contribution is 2.25. The van der Waals surface area contributed by atoms with Crippen molar-refractivity contribution < 1.29 is 18.7 Å². The molecule has 0 aliphatic carbocycles. The van der Waals surface area contributed by atoms with Gasteiger partial charge in [0.25, 0.3) is 0 Å². The summed E-state index contributed by atoms with van der Waals surface area (Å²) in [7, 11) is 2.81. The van der Waals surface area contributed by atoms with Crippen LogP contribution in [-0.4, -0.2) is 24.8 Å². The zero-order valence-corrected chi connectivity index (χ0v) is 14.0. The molecule has 0 atom stereocenters. The molecule has 0 aliphatic heterocycles. The summed E-state index contributed by atoms with van der Waals surface area (Å²) in [5, 5.41) is 0.570. The first-order valence-electron chi connectivity index (χ1n) is 7.78. The number of fused-ring (bicyclic) bond motifs is 1. The number of methoxy groups -OCH3 is 2. The predicted molar refractivity (Wildman–Crippen MR) is 94.4 cm³/mol. The molecule has 4 nitrogen and oxygen atoms in total. The van der Waals surface area contributed by atoms with Gasteiger partial charge >= 0.3 is 5.97 Å². The molecular formula is C20H18FNO3. The van der Waals surface area contributed by atoms with Crippen LogP contribution >= 0.6 is 0 Å². The van der Waals surface area contributed by atoms with Crippen molar-refractivity contribution in [2.45, 2.75) is 6.54 Å². The zero-order valence-electron chi connectivity index (χ0n) is 14.0. The van der Waals surface area contributed by atoms with Crippen LogP contribution in [0.15, 0.2) is 61.0 Å². The number of rotatable bonds is 5. The zero-order chi connectivity index (χ0) is 17.8. The number of aromatic nitrogens is 1. The molecule has 5 heteroatoms. The van der Waals surface area contributed by atoms with Crippen molar-refractivity contribution >= 4 is 22.4 Å². The molecular weight excluding hydrogens is 321 g/mol. The summed E-state index contributed by atoms with van der Waals surface area (Å²) in [5.41, 5.74) is 2.75. The SMILES string of the molecule is COC=C(C(=O)OC)c1ccccc1Cn1ccc2c(F)cccc21. The van der Waals surface area contributed by atoms with Crippen LogP contribution in [0.5, 0.6) is 0 Å². The van der Waals surface area contributed by atoms with Gasteiger partial charge in [-0.05, 0) is 29.3 Å². The third-order valence-electron chi connectivity index (χ3n) is 4.05. The Bertz CT molecular complexity index is 943. The van der Waals surface area contributed by atoms with Gasteiger partial charge in [-0.25, -0.2) is 9.18 Å². The highest BCUT2D eigenvalue weighted by atomic mass is 19.1. The fraction of sp³-hybridized carbons (Fsp3) is 0.150. The molecule has 3 rings (SSSR count). The van der Waals surface area contributed by atoms with Crippen LogP contribution in [0, 0.1) is 5.82 Å². The summed E-state index contributed by atoms with van der Waals surface area (Å²) in [6, 6.07) is 14.2. The number of carbonyl (C=O) groups is 1. The first-order valence-corrected chi connectivity index (χ1v) is 7.78. The monoisotopic (exact) mass is 339 g/mol. The lowest BCUT2D eigenvalue weighted by Crippen LogP contribution is -2.08. The molecule has 25 heavy (non-hydrogen) atoms. The van der Waals surface area contributed by atoms with Gasteiger partial charge in [0.15, 0.2) is 0 Å². The standard InChI is InChI=1S/C20H18FNO3/c1-24-13-17(20(23)25-2)15-7-4-3-6-14(15)12-22-11-10-16-18(21)8-5-9-19(16)22/h3-11,13H,12H2,1-2H3. The minimum atomic E-state index is -0.474. The Kier molecular flexibility index (Phi) is 4.84. The van der Waals surface area contributed by atoms with Crippen LogP contribution in [0.3, 0.4) is 0 Å². The second-order valence-electron chi connectivity index (χ2n) is 5.53. The Hall–Kier alpha value is -3.08. The van der Waals surface area contributed by atoms with Crippen molar-refractivity contribution in [1.82, 2.24) is 4.57 Å². The highest BCUT2D eigenvalue weighted by molar-refractivity contribution is 6.16. The molecule has 0 aliphatic rings. The summed E-state index contributed by atoms with van der Waals surface area (Å²) < 4.78 is 25.7. The Labute approximate surface area is 145 Å². The van der Waals surface area contributed by atoms with Crippen molar-refractivity contribution in [3.63, 3.8) is 0 Å². The molecule has 0 saturated heterocycles. The van der Waals surface area contributed by atoms with Gasteiger partial charge in [0.2, 0.25) is 0 Å². The molecule has 0 radical (unpaired) electrons. The highest BCUT2D eigenvalue weighted by Gasteiger charge is 2.17. The normalized spacial score (nSPS) is 11.6. The number of nitrogens with zero attached hydrogens (tertiary/aromatic N) is 1. The lowest BCUT2D eigenvalue weighted by Gasteiger charge is -2.13. The third-order valence-corrected chi connectivity index (χ3v) is 4.05. The van der Waals surface area contributed by atoms with Gasteiger partial charge in [-0.3, -0.25) is 0 Å². The van der Waals surface area contributed by atoms with Gasteiger partial charge < -0.3 is 14.0 Å². The minimum Gasteiger partial charge on any atom is -0.503 e. The van der Waals surface area contributed by atoms with Crippen LogP contribution < -0.4 is 0 Å². The summed E-state index contributed by atoms with van der Waals surface area (Å²) in [6.07, 6.45) is 3.21. The second-order valence-corrected chi connectivity index (χ2v) is 5.53. The largest absolute Gasteiger partial charge is 0.503 e. The number of ether oxygens (including phenoxy) is 2. The van der Waals surface area contributed by atoms with E-state index >= 15 is 0 Å². The Morgan fingerprint density at radius 3 is 2.68 bits per heavy atom. The maximum absolute atomic E-state index is 13.9. The van der Waals surface area contributed by atoms with E-state index in [1.165, 1.54) is 26.5 Å². The maximum atomic E-state index is 13.9. The van der Waals surface area contributed by atoms with Gasteiger partial charge in [0.1, 0.15) is 11.4 Å². The number of hydrogen-bond acceptors (Lipinski definition) is 3. The molecule has 2 aromatic carbocycles. The maximum Gasteiger partial charge on any atom is 0.341 e. The second kappa shape index (κ2) is 7.21. The van der Waals surface area contributed by atoms with Crippen molar-refractivity contribution in [2.75, 3.05) is 14.2 Å². The quantitative estimate of drug-likeness (QED) is 0.401. The van der Waals surface area contributed by atoms with Crippen molar-refractivity contribution in [2.24, 2.45) is 0 Å². The third kappa shape index (κ3) is 3.26. The van der Waals surface area contributed by atoms with Crippen LogP contribution in [0.2, 0.25) is 0 Å². The molecule has 0 unspecified atom stereocenters. The van der Waals surface area contributed by atoms with Crippen molar-refractivity contribution in [3.8, 4) is 0 Å². The first-order chi connectivity index (χ1) is 12.2. The van der Waals surface area contributed by atoms with Crippen molar-refractivity contribution in [1.29, 1.82) is 0 Å².